The van der Waals surface area contributed by atoms with Gasteiger partial charge in [-0.25, -0.2) is 4.98 Å². The minimum Gasteiger partial charge on any atom is -0.340 e. The molecule has 0 amide bonds. The summed E-state index contributed by atoms with van der Waals surface area (Å²) in [5.74, 6) is 0.874. The predicted octanol–water partition coefficient (Wildman–Crippen LogP) is 9.90. The third-order valence-electron chi connectivity index (χ3n) is 12.6. The van der Waals surface area contributed by atoms with Crippen LogP contribution in [0.25, 0.3) is 54.9 Å². The van der Waals surface area contributed by atoms with Crippen LogP contribution in [0.5, 0.6) is 0 Å². The second-order valence-corrected chi connectivity index (χ2v) is 20.8. The zero-order valence-corrected chi connectivity index (χ0v) is 36.9. The first kappa shape index (κ1) is 37.0. The Morgan fingerprint density at radius 1 is 0.567 bits per heavy atom. The van der Waals surface area contributed by atoms with Crippen LogP contribution in [0, 0.1) is 12.1 Å². The molecule has 0 radical (unpaired) electrons. The second-order valence-electron chi connectivity index (χ2n) is 16.0. The van der Waals surface area contributed by atoms with Crippen LogP contribution >= 0.6 is 11.8 Å². The summed E-state index contributed by atoms with van der Waals surface area (Å²) in [5, 5.41) is 10.6. The van der Waals surface area contributed by atoms with Crippen molar-refractivity contribution in [1.29, 1.82) is 0 Å². The number of imidazole rings is 1. The van der Waals surface area contributed by atoms with E-state index in [0.29, 0.717) is 0 Å². The van der Waals surface area contributed by atoms with Gasteiger partial charge in [-0.1, -0.05) is 146 Å². The molecule has 4 nitrogen and oxygen atoms in total. The Kier molecular flexibility index (Phi) is 8.65. The fourth-order valence-corrected chi connectivity index (χ4v) is 16.0. The van der Waals surface area contributed by atoms with E-state index in [0.717, 1.165) is 49.2 Å². The third-order valence-corrected chi connectivity index (χ3v) is 18.4. The number of hydrogen-bond acceptors (Lipinski definition) is 3. The normalized spacial score (nSPS) is 13.4. The van der Waals surface area contributed by atoms with Crippen molar-refractivity contribution in [3.8, 4) is 5.82 Å². The van der Waals surface area contributed by atoms with E-state index in [4.69, 9.17) is 9.97 Å². The number of benzene rings is 7. The molecule has 5 heterocycles. The van der Waals surface area contributed by atoms with E-state index in [1.54, 1.807) is 0 Å². The van der Waals surface area contributed by atoms with E-state index in [2.05, 4.69) is 199 Å². The zero-order chi connectivity index (χ0) is 39.3. The quantitative estimate of drug-likeness (QED) is 0.0747. The molecule has 1 aliphatic heterocycles. The number of pyridine rings is 2. The fraction of sp³-hybridized carbons (Fsp3) is 0.0566. The van der Waals surface area contributed by atoms with Gasteiger partial charge in [0, 0.05) is 44.8 Å². The summed E-state index contributed by atoms with van der Waals surface area (Å²) in [7, 11) is -3.13. The molecule has 0 N–H and O–H groups in total. The van der Waals surface area contributed by atoms with Crippen LogP contribution in [0.4, 0.5) is 0 Å². The van der Waals surface area contributed by atoms with Gasteiger partial charge in [0.15, 0.2) is 0 Å². The Morgan fingerprint density at radius 2 is 1.25 bits per heavy atom. The molecule has 288 valence electrons. The van der Waals surface area contributed by atoms with Crippen molar-refractivity contribution in [2.75, 3.05) is 0 Å². The standard InChI is InChI=1S/C53H36N4SSi.Pt/c1-53(2)43-20-10-12-22-48(43)58-51-44(53)28-29-46-50(51)41-27-25-38(34-47(41)57(46)49-23-13-14-30-54-49)59(35-15-5-3-6-16-35,36-17-7-4-8-18-36)37-24-26-39-40-19-9-11-21-45(40)56-32-31-55-52(56)42(39)33-37;/h3-32H,1-2H3;/q-2;+2. The molecule has 60 heavy (non-hydrogen) atoms. The minimum atomic E-state index is -3.13. The van der Waals surface area contributed by atoms with Crippen LogP contribution in [0.2, 0.25) is 0 Å². The smallest absolute Gasteiger partial charge is 0.340 e. The van der Waals surface area contributed by atoms with Gasteiger partial charge in [-0.2, -0.15) is 23.4 Å². The SMILES string of the molecule is CC1(C)c2ccccc2Sc2c1ccc1c2c2ccc([Si](c3[c-]c4c(cc3)c3ccccc3n3ccnc43)(c3ccccc3)c3ccccc3)[c-]c2n1-c1ccccn1.[Pt+2]. The molecule has 0 fully saturated rings. The number of fused-ring (bicyclic) bond motifs is 12. The largest absolute Gasteiger partial charge is 2.00 e. The summed E-state index contributed by atoms with van der Waals surface area (Å²) in [6.07, 6.45) is 5.85. The summed E-state index contributed by atoms with van der Waals surface area (Å²) in [5.41, 5.74) is 6.75. The van der Waals surface area contributed by atoms with E-state index < -0.39 is 8.07 Å². The maximum Gasteiger partial charge on any atom is 2.00 e. The van der Waals surface area contributed by atoms with E-state index in [1.807, 2.05) is 30.2 Å². The molecule has 0 saturated carbocycles. The maximum absolute atomic E-state index is 4.98. The van der Waals surface area contributed by atoms with E-state index in [1.165, 1.54) is 47.4 Å². The zero-order valence-electron chi connectivity index (χ0n) is 32.8. The topological polar surface area (TPSA) is 35.1 Å². The molecular weight excluding hydrogens is 948 g/mol. The Morgan fingerprint density at radius 3 is 2.02 bits per heavy atom. The first-order chi connectivity index (χ1) is 29.0. The van der Waals surface area contributed by atoms with E-state index in [9.17, 15) is 0 Å². The Bertz CT molecular complexity index is 3410. The van der Waals surface area contributed by atoms with Crippen molar-refractivity contribution in [1.82, 2.24) is 18.9 Å². The van der Waals surface area contributed by atoms with Crippen LogP contribution < -0.4 is 20.7 Å². The maximum atomic E-state index is 4.98. The second kappa shape index (κ2) is 14.0. The Hall–Kier alpha value is -6.04. The monoisotopic (exact) mass is 983 g/mol. The first-order valence-electron chi connectivity index (χ1n) is 20.1. The fourth-order valence-electron chi connectivity index (χ4n) is 9.89. The third kappa shape index (κ3) is 5.21. The molecular formula is C53H36N4PtSSi. The minimum absolute atomic E-state index is 0. The molecule has 0 unspecified atom stereocenters. The summed E-state index contributed by atoms with van der Waals surface area (Å²) in [4.78, 5) is 12.5. The molecule has 0 aliphatic carbocycles. The number of nitrogens with zero attached hydrogens (tertiary/aromatic N) is 4. The van der Waals surface area contributed by atoms with E-state index >= 15 is 0 Å². The van der Waals surface area contributed by atoms with Crippen LogP contribution in [-0.4, -0.2) is 27.0 Å². The average molecular weight is 984 g/mol. The molecule has 0 saturated heterocycles. The van der Waals surface area contributed by atoms with Crippen LogP contribution in [-0.2, 0) is 26.5 Å². The number of rotatable bonds is 5. The van der Waals surface area contributed by atoms with Gasteiger partial charge in [-0.3, -0.25) is 4.98 Å². The van der Waals surface area contributed by atoms with Gasteiger partial charge in [-0.15, -0.1) is 34.2 Å². The van der Waals surface area contributed by atoms with Gasteiger partial charge in [-0.05, 0) is 62.6 Å². The molecule has 0 bridgehead atoms. The molecule has 4 aromatic heterocycles. The molecule has 11 aromatic rings. The summed E-state index contributed by atoms with van der Waals surface area (Å²) < 4.78 is 4.54. The average Bonchev–Trinajstić information content (AvgIpc) is 3.92. The van der Waals surface area contributed by atoms with Crippen molar-refractivity contribution >= 4 is 89.7 Å². The van der Waals surface area contributed by atoms with Crippen molar-refractivity contribution < 1.29 is 21.1 Å². The van der Waals surface area contributed by atoms with Crippen LogP contribution in [0.15, 0.2) is 192 Å². The van der Waals surface area contributed by atoms with Crippen molar-refractivity contribution in [2.24, 2.45) is 0 Å². The predicted molar refractivity (Wildman–Crippen MR) is 246 cm³/mol. The molecule has 7 aromatic carbocycles. The molecule has 0 spiro atoms. The van der Waals surface area contributed by atoms with Gasteiger partial charge in [0.05, 0.1) is 5.65 Å². The van der Waals surface area contributed by atoms with Crippen molar-refractivity contribution in [3.05, 3.63) is 206 Å². The molecule has 1 aliphatic rings. The summed E-state index contributed by atoms with van der Waals surface area (Å²) in [6.45, 7) is 4.72. The Balaban J connectivity index is 0.00000408. The van der Waals surface area contributed by atoms with Crippen LogP contribution in [0.1, 0.15) is 25.0 Å². The van der Waals surface area contributed by atoms with Gasteiger partial charge in [0.25, 0.3) is 0 Å². The Labute approximate surface area is 367 Å². The van der Waals surface area contributed by atoms with Crippen molar-refractivity contribution in [2.45, 2.75) is 29.1 Å². The number of hydrogen-bond donors (Lipinski definition) is 0. The van der Waals surface area contributed by atoms with Gasteiger partial charge in [0.2, 0.25) is 0 Å². The summed E-state index contributed by atoms with van der Waals surface area (Å²) >= 11 is 1.89. The van der Waals surface area contributed by atoms with Crippen LogP contribution in [0.3, 0.4) is 0 Å². The van der Waals surface area contributed by atoms with Gasteiger partial charge < -0.3 is 8.97 Å². The summed E-state index contributed by atoms with van der Waals surface area (Å²) in [6, 6.07) is 68.1. The van der Waals surface area contributed by atoms with Gasteiger partial charge in [0.1, 0.15) is 13.9 Å². The van der Waals surface area contributed by atoms with Gasteiger partial charge >= 0.3 is 21.1 Å². The number of para-hydroxylation sites is 1. The number of aromatic nitrogens is 4. The van der Waals surface area contributed by atoms with Crippen molar-refractivity contribution in [3.63, 3.8) is 0 Å². The van der Waals surface area contributed by atoms with E-state index in [-0.39, 0.29) is 26.5 Å². The first-order valence-corrected chi connectivity index (χ1v) is 22.9. The molecule has 0 atom stereocenters. The molecule has 12 rings (SSSR count). The molecule has 7 heteroatoms.